The SMILES string of the molecule is C=C(Nc1cn(Cc2cc(F)c(F)c(F)c2)cn1)c1ccc(CC)nc1. The van der Waals surface area contributed by atoms with Gasteiger partial charge in [-0.05, 0) is 36.2 Å². The molecule has 0 aliphatic rings. The van der Waals surface area contributed by atoms with E-state index in [2.05, 4.69) is 21.9 Å². The Kier molecular flexibility index (Phi) is 5.06. The van der Waals surface area contributed by atoms with Crippen LogP contribution in [0.5, 0.6) is 0 Å². The van der Waals surface area contributed by atoms with Gasteiger partial charge in [-0.25, -0.2) is 18.2 Å². The molecule has 4 nitrogen and oxygen atoms in total. The van der Waals surface area contributed by atoms with Crippen molar-refractivity contribution in [1.82, 2.24) is 14.5 Å². The van der Waals surface area contributed by atoms with Gasteiger partial charge in [-0.3, -0.25) is 4.98 Å². The summed E-state index contributed by atoms with van der Waals surface area (Å²) in [6, 6.07) is 5.78. The van der Waals surface area contributed by atoms with Crippen molar-refractivity contribution in [2.24, 2.45) is 0 Å². The molecule has 0 unspecified atom stereocenters. The smallest absolute Gasteiger partial charge is 0.194 e. The molecule has 0 radical (unpaired) electrons. The van der Waals surface area contributed by atoms with E-state index in [1.165, 1.54) is 6.33 Å². The average Bonchev–Trinajstić information content (AvgIpc) is 3.06. The van der Waals surface area contributed by atoms with Gasteiger partial charge in [0.1, 0.15) is 5.82 Å². The number of pyridine rings is 1. The van der Waals surface area contributed by atoms with Gasteiger partial charge in [-0.15, -0.1) is 0 Å². The fourth-order valence-electron chi connectivity index (χ4n) is 2.46. The molecule has 26 heavy (non-hydrogen) atoms. The van der Waals surface area contributed by atoms with Gasteiger partial charge in [0.25, 0.3) is 0 Å². The molecular formula is C19H17F3N4. The molecule has 0 atom stereocenters. The number of benzene rings is 1. The van der Waals surface area contributed by atoms with E-state index < -0.39 is 17.5 Å². The van der Waals surface area contributed by atoms with Crippen LogP contribution in [0.1, 0.15) is 23.7 Å². The van der Waals surface area contributed by atoms with Gasteiger partial charge in [0, 0.05) is 35.9 Å². The van der Waals surface area contributed by atoms with Crippen molar-refractivity contribution >= 4 is 11.5 Å². The number of aryl methyl sites for hydroxylation is 1. The minimum absolute atomic E-state index is 0.155. The first-order valence-electron chi connectivity index (χ1n) is 8.02. The van der Waals surface area contributed by atoms with Gasteiger partial charge < -0.3 is 9.88 Å². The second-order valence-electron chi connectivity index (χ2n) is 5.80. The Morgan fingerprint density at radius 2 is 1.88 bits per heavy atom. The Bertz CT molecular complexity index is 909. The van der Waals surface area contributed by atoms with Gasteiger partial charge >= 0.3 is 0 Å². The summed E-state index contributed by atoms with van der Waals surface area (Å²) in [4.78, 5) is 8.50. The lowest BCUT2D eigenvalue weighted by Crippen LogP contribution is -2.01. The van der Waals surface area contributed by atoms with E-state index in [0.29, 0.717) is 17.1 Å². The van der Waals surface area contributed by atoms with E-state index in [0.717, 1.165) is 29.8 Å². The highest BCUT2D eigenvalue weighted by Crippen LogP contribution is 2.17. The zero-order valence-corrected chi connectivity index (χ0v) is 14.1. The molecule has 3 aromatic rings. The van der Waals surface area contributed by atoms with Crippen molar-refractivity contribution in [3.8, 4) is 0 Å². The molecule has 134 valence electrons. The number of nitrogens with zero attached hydrogens (tertiary/aromatic N) is 3. The summed E-state index contributed by atoms with van der Waals surface area (Å²) in [6.07, 6.45) is 5.76. The molecule has 0 amide bonds. The third-order valence-electron chi connectivity index (χ3n) is 3.86. The quantitative estimate of drug-likeness (QED) is 0.665. The van der Waals surface area contributed by atoms with Crippen molar-refractivity contribution in [3.63, 3.8) is 0 Å². The topological polar surface area (TPSA) is 42.7 Å². The number of aromatic nitrogens is 3. The Hall–Kier alpha value is -3.09. The fraction of sp³-hybridized carbons (Fsp3) is 0.158. The minimum Gasteiger partial charge on any atom is -0.339 e. The molecule has 1 aromatic carbocycles. The number of nitrogens with one attached hydrogen (secondary N) is 1. The van der Waals surface area contributed by atoms with E-state index in [-0.39, 0.29) is 6.54 Å². The zero-order chi connectivity index (χ0) is 18.7. The lowest BCUT2D eigenvalue weighted by atomic mass is 10.2. The van der Waals surface area contributed by atoms with Crippen LogP contribution in [-0.2, 0) is 13.0 Å². The molecule has 2 aromatic heterocycles. The molecule has 0 aliphatic carbocycles. The van der Waals surface area contributed by atoms with E-state index in [9.17, 15) is 13.2 Å². The van der Waals surface area contributed by atoms with Crippen LogP contribution in [0, 0.1) is 17.5 Å². The van der Waals surface area contributed by atoms with E-state index in [4.69, 9.17) is 0 Å². The standard InChI is InChI=1S/C19H17F3N4/c1-3-15-5-4-14(8-23-15)12(2)25-18-10-26(11-24-18)9-13-6-16(20)19(22)17(21)7-13/h4-8,10-11,25H,2-3,9H2,1H3. The highest BCUT2D eigenvalue weighted by atomic mass is 19.2. The van der Waals surface area contributed by atoms with Crippen LogP contribution in [0.25, 0.3) is 5.70 Å². The first-order chi connectivity index (χ1) is 12.5. The Labute approximate surface area is 149 Å². The molecule has 0 spiro atoms. The lowest BCUT2D eigenvalue weighted by molar-refractivity contribution is 0.444. The number of imidazole rings is 1. The van der Waals surface area contributed by atoms with Gasteiger partial charge in [0.05, 0.1) is 6.33 Å². The second kappa shape index (κ2) is 7.43. The van der Waals surface area contributed by atoms with Crippen LogP contribution < -0.4 is 5.32 Å². The molecular weight excluding hydrogens is 341 g/mol. The van der Waals surface area contributed by atoms with Crippen molar-refractivity contribution in [2.75, 3.05) is 5.32 Å². The first-order valence-corrected chi connectivity index (χ1v) is 8.02. The van der Waals surface area contributed by atoms with Gasteiger partial charge in [-0.2, -0.15) is 0 Å². The van der Waals surface area contributed by atoms with Crippen molar-refractivity contribution < 1.29 is 13.2 Å². The van der Waals surface area contributed by atoms with Crippen molar-refractivity contribution in [2.45, 2.75) is 19.9 Å². The zero-order valence-electron chi connectivity index (χ0n) is 14.1. The third kappa shape index (κ3) is 3.93. The van der Waals surface area contributed by atoms with Crippen LogP contribution in [0.15, 0.2) is 49.6 Å². The van der Waals surface area contributed by atoms with Gasteiger partial charge in [-0.1, -0.05) is 13.5 Å². The highest BCUT2D eigenvalue weighted by Gasteiger charge is 2.11. The molecule has 0 bridgehead atoms. The number of halogens is 3. The van der Waals surface area contributed by atoms with Crippen molar-refractivity contribution in [1.29, 1.82) is 0 Å². The normalized spacial score (nSPS) is 10.8. The predicted octanol–water partition coefficient (Wildman–Crippen LogP) is 4.39. The number of hydrogen-bond donors (Lipinski definition) is 1. The maximum absolute atomic E-state index is 13.3. The van der Waals surface area contributed by atoms with Gasteiger partial charge in [0.2, 0.25) is 0 Å². The first kappa shape index (κ1) is 17.7. The summed E-state index contributed by atoms with van der Waals surface area (Å²) < 4.78 is 41.2. The second-order valence-corrected chi connectivity index (χ2v) is 5.80. The molecule has 0 saturated carbocycles. The largest absolute Gasteiger partial charge is 0.339 e. The molecule has 3 rings (SSSR count). The van der Waals surface area contributed by atoms with E-state index in [1.807, 2.05) is 19.1 Å². The van der Waals surface area contributed by atoms with Crippen molar-refractivity contribution in [3.05, 3.63) is 83.8 Å². The fourth-order valence-corrected chi connectivity index (χ4v) is 2.46. The molecule has 7 heteroatoms. The van der Waals surface area contributed by atoms with Crippen LogP contribution in [0.4, 0.5) is 19.0 Å². The summed E-state index contributed by atoms with van der Waals surface area (Å²) in [5.41, 5.74) is 2.75. The molecule has 2 heterocycles. The van der Waals surface area contributed by atoms with Crippen LogP contribution in [-0.4, -0.2) is 14.5 Å². The van der Waals surface area contributed by atoms with E-state index in [1.54, 1.807) is 17.0 Å². The predicted molar refractivity (Wildman–Crippen MR) is 93.9 cm³/mol. The van der Waals surface area contributed by atoms with Crippen LogP contribution in [0.2, 0.25) is 0 Å². The van der Waals surface area contributed by atoms with Gasteiger partial charge in [0.15, 0.2) is 17.5 Å². The molecule has 0 saturated heterocycles. The lowest BCUT2D eigenvalue weighted by Gasteiger charge is -2.07. The summed E-state index contributed by atoms with van der Waals surface area (Å²) in [6.45, 7) is 6.14. The summed E-state index contributed by atoms with van der Waals surface area (Å²) in [7, 11) is 0. The Balaban J connectivity index is 1.68. The monoisotopic (exact) mass is 358 g/mol. The maximum Gasteiger partial charge on any atom is 0.194 e. The molecule has 0 fully saturated rings. The van der Waals surface area contributed by atoms with Crippen LogP contribution >= 0.6 is 0 Å². The third-order valence-corrected chi connectivity index (χ3v) is 3.86. The minimum atomic E-state index is -1.47. The number of hydrogen-bond acceptors (Lipinski definition) is 3. The van der Waals surface area contributed by atoms with Crippen LogP contribution in [0.3, 0.4) is 0 Å². The molecule has 1 N–H and O–H groups in total. The summed E-state index contributed by atoms with van der Waals surface area (Å²) in [5, 5.41) is 3.06. The Morgan fingerprint density at radius 3 is 2.50 bits per heavy atom. The highest BCUT2D eigenvalue weighted by molar-refractivity contribution is 5.73. The summed E-state index contributed by atoms with van der Waals surface area (Å²) in [5.74, 6) is -3.37. The number of rotatable bonds is 6. The molecule has 0 aliphatic heterocycles. The summed E-state index contributed by atoms with van der Waals surface area (Å²) >= 11 is 0. The average molecular weight is 358 g/mol. The van der Waals surface area contributed by atoms with E-state index >= 15 is 0 Å². The number of anilines is 1. The maximum atomic E-state index is 13.3. The Morgan fingerprint density at radius 1 is 1.15 bits per heavy atom.